The van der Waals surface area contributed by atoms with Gasteiger partial charge in [-0.05, 0) is 24.6 Å². The predicted octanol–water partition coefficient (Wildman–Crippen LogP) is 2.64. The van der Waals surface area contributed by atoms with Gasteiger partial charge >= 0.3 is 0 Å². The lowest BCUT2D eigenvalue weighted by Gasteiger charge is -2.29. The highest BCUT2D eigenvalue weighted by molar-refractivity contribution is 8.00. The number of aryl methyl sites for hydroxylation is 1. The van der Waals surface area contributed by atoms with Crippen molar-refractivity contribution in [2.45, 2.75) is 18.4 Å². The summed E-state index contributed by atoms with van der Waals surface area (Å²) in [6.45, 7) is 5.66. The van der Waals surface area contributed by atoms with Gasteiger partial charge in [0.1, 0.15) is 5.82 Å². The molecule has 1 fully saturated rings. The fourth-order valence-corrected chi connectivity index (χ4v) is 3.59. The van der Waals surface area contributed by atoms with Gasteiger partial charge in [-0.25, -0.2) is 4.98 Å². The third-order valence-electron chi connectivity index (χ3n) is 4.11. The first kappa shape index (κ1) is 17.8. The van der Waals surface area contributed by atoms with Crippen LogP contribution in [0.25, 0.3) is 0 Å². The molecule has 0 unspecified atom stereocenters. The Morgan fingerprint density at radius 1 is 1.24 bits per heavy atom. The number of hydrogen-bond acceptors (Lipinski definition) is 5. The highest BCUT2D eigenvalue weighted by atomic mass is 32.2. The van der Waals surface area contributed by atoms with Gasteiger partial charge in [0.15, 0.2) is 0 Å². The number of anilines is 1. The maximum Gasteiger partial charge on any atom is 0.230 e. The Morgan fingerprint density at radius 3 is 2.84 bits per heavy atom. The van der Waals surface area contributed by atoms with Crippen LogP contribution in [0.2, 0.25) is 0 Å². The molecule has 0 saturated carbocycles. The van der Waals surface area contributed by atoms with Crippen molar-refractivity contribution in [1.29, 1.82) is 0 Å². The molecule has 1 N–H and O–H groups in total. The first-order valence-electron chi connectivity index (χ1n) is 8.46. The number of nitrogens with zero attached hydrogens (tertiary/aromatic N) is 2. The standard InChI is InChI=1S/C19H23N3O2S/c1-15-5-2-3-7-17(15)25-14-18(23)21-13-16-6-4-8-20-19(16)22-9-11-24-12-10-22/h2-8H,9-14H2,1H3,(H,21,23). The van der Waals surface area contributed by atoms with Gasteiger partial charge in [0.2, 0.25) is 5.91 Å². The Morgan fingerprint density at radius 2 is 2.04 bits per heavy atom. The number of benzene rings is 1. The van der Waals surface area contributed by atoms with Gasteiger partial charge in [-0.15, -0.1) is 11.8 Å². The molecule has 0 atom stereocenters. The van der Waals surface area contributed by atoms with Gasteiger partial charge in [0, 0.05) is 36.3 Å². The first-order chi connectivity index (χ1) is 12.2. The number of ether oxygens (including phenoxy) is 1. The second kappa shape index (κ2) is 8.87. The van der Waals surface area contributed by atoms with Gasteiger partial charge < -0.3 is 15.0 Å². The molecule has 0 radical (unpaired) electrons. The van der Waals surface area contributed by atoms with Crippen LogP contribution in [-0.4, -0.2) is 42.9 Å². The maximum atomic E-state index is 12.2. The summed E-state index contributed by atoms with van der Waals surface area (Å²) in [5, 5.41) is 3.01. The van der Waals surface area contributed by atoms with Crippen LogP contribution in [0.1, 0.15) is 11.1 Å². The topological polar surface area (TPSA) is 54.5 Å². The van der Waals surface area contributed by atoms with Crippen molar-refractivity contribution in [1.82, 2.24) is 10.3 Å². The van der Waals surface area contributed by atoms with E-state index < -0.39 is 0 Å². The van der Waals surface area contributed by atoms with Gasteiger partial charge in [0.25, 0.3) is 0 Å². The zero-order valence-electron chi connectivity index (χ0n) is 14.4. The number of carbonyl (C=O) groups excluding carboxylic acids is 1. The summed E-state index contributed by atoms with van der Waals surface area (Å²) in [6, 6.07) is 12.0. The van der Waals surface area contributed by atoms with Gasteiger partial charge in [-0.1, -0.05) is 24.3 Å². The summed E-state index contributed by atoms with van der Waals surface area (Å²) in [4.78, 5) is 20.1. The maximum absolute atomic E-state index is 12.2. The molecule has 1 aromatic carbocycles. The summed E-state index contributed by atoms with van der Waals surface area (Å²) >= 11 is 1.57. The van der Waals surface area contributed by atoms with Crippen molar-refractivity contribution in [2.24, 2.45) is 0 Å². The van der Waals surface area contributed by atoms with Crippen LogP contribution in [0, 0.1) is 6.92 Å². The molecule has 1 aliphatic heterocycles. The average molecular weight is 357 g/mol. The number of rotatable bonds is 6. The van der Waals surface area contributed by atoms with Crippen LogP contribution in [0.4, 0.5) is 5.82 Å². The van der Waals surface area contributed by atoms with Crippen LogP contribution in [-0.2, 0) is 16.1 Å². The lowest BCUT2D eigenvalue weighted by molar-refractivity contribution is -0.118. The van der Waals surface area contributed by atoms with E-state index in [4.69, 9.17) is 4.74 Å². The summed E-state index contributed by atoms with van der Waals surface area (Å²) < 4.78 is 5.40. The molecule has 0 bridgehead atoms. The van der Waals surface area contributed by atoms with Crippen LogP contribution in [0.3, 0.4) is 0 Å². The molecular formula is C19H23N3O2S. The minimum Gasteiger partial charge on any atom is -0.378 e. The fourth-order valence-electron chi connectivity index (χ4n) is 2.73. The molecule has 6 heteroatoms. The molecule has 1 aromatic heterocycles. The predicted molar refractivity (Wildman–Crippen MR) is 101 cm³/mol. The number of carbonyl (C=O) groups is 1. The number of morpholine rings is 1. The Bertz CT molecular complexity index is 717. The largest absolute Gasteiger partial charge is 0.378 e. The summed E-state index contributed by atoms with van der Waals surface area (Å²) in [6.07, 6.45) is 1.80. The van der Waals surface area contributed by atoms with Crippen LogP contribution < -0.4 is 10.2 Å². The highest BCUT2D eigenvalue weighted by Crippen LogP contribution is 2.22. The van der Waals surface area contributed by atoms with Gasteiger partial charge in [0.05, 0.1) is 19.0 Å². The highest BCUT2D eigenvalue weighted by Gasteiger charge is 2.16. The smallest absolute Gasteiger partial charge is 0.230 e. The molecule has 1 aliphatic rings. The third-order valence-corrected chi connectivity index (χ3v) is 5.28. The number of hydrogen-bond donors (Lipinski definition) is 1. The van der Waals surface area contributed by atoms with Crippen molar-refractivity contribution in [3.05, 3.63) is 53.7 Å². The molecule has 2 aromatic rings. The monoisotopic (exact) mass is 357 g/mol. The Kier molecular flexibility index (Phi) is 6.30. The lowest BCUT2D eigenvalue weighted by atomic mass is 10.2. The zero-order chi connectivity index (χ0) is 17.5. The summed E-state index contributed by atoms with van der Waals surface area (Å²) in [5.74, 6) is 1.39. The van der Waals surface area contributed by atoms with Crippen LogP contribution >= 0.6 is 11.8 Å². The SMILES string of the molecule is Cc1ccccc1SCC(=O)NCc1cccnc1N1CCOCC1. The molecule has 132 valence electrons. The fraction of sp³-hybridized carbons (Fsp3) is 0.368. The van der Waals surface area contributed by atoms with E-state index in [1.165, 1.54) is 5.56 Å². The van der Waals surface area contributed by atoms with E-state index in [0.29, 0.717) is 12.3 Å². The number of thioether (sulfide) groups is 1. The number of amides is 1. The molecule has 5 nitrogen and oxygen atoms in total. The van der Waals surface area contributed by atoms with E-state index in [1.54, 1.807) is 18.0 Å². The summed E-state index contributed by atoms with van der Waals surface area (Å²) in [7, 11) is 0. The Balaban J connectivity index is 1.54. The van der Waals surface area contributed by atoms with E-state index in [9.17, 15) is 4.79 Å². The molecule has 1 saturated heterocycles. The van der Waals surface area contributed by atoms with E-state index in [0.717, 1.165) is 42.6 Å². The lowest BCUT2D eigenvalue weighted by Crippen LogP contribution is -2.38. The summed E-state index contributed by atoms with van der Waals surface area (Å²) in [5.41, 5.74) is 2.24. The molecule has 3 rings (SSSR count). The van der Waals surface area contributed by atoms with E-state index in [1.807, 2.05) is 30.3 Å². The van der Waals surface area contributed by atoms with Crippen molar-refractivity contribution in [2.75, 3.05) is 37.0 Å². The zero-order valence-corrected chi connectivity index (χ0v) is 15.2. The molecule has 0 spiro atoms. The second-order valence-electron chi connectivity index (χ2n) is 5.92. The van der Waals surface area contributed by atoms with Crippen molar-refractivity contribution in [3.63, 3.8) is 0 Å². The number of nitrogens with one attached hydrogen (secondary N) is 1. The van der Waals surface area contributed by atoms with E-state index >= 15 is 0 Å². The van der Waals surface area contributed by atoms with Gasteiger partial charge in [-0.2, -0.15) is 0 Å². The molecule has 2 heterocycles. The van der Waals surface area contributed by atoms with Crippen molar-refractivity contribution < 1.29 is 9.53 Å². The molecule has 1 amide bonds. The number of aromatic nitrogens is 1. The molecule has 0 aliphatic carbocycles. The van der Waals surface area contributed by atoms with E-state index in [-0.39, 0.29) is 5.91 Å². The van der Waals surface area contributed by atoms with Gasteiger partial charge in [-0.3, -0.25) is 4.79 Å². The Hall–Kier alpha value is -2.05. The van der Waals surface area contributed by atoms with Crippen LogP contribution in [0.15, 0.2) is 47.5 Å². The van der Waals surface area contributed by atoms with Crippen molar-refractivity contribution in [3.8, 4) is 0 Å². The molecule has 25 heavy (non-hydrogen) atoms. The minimum atomic E-state index is 0.0324. The number of pyridine rings is 1. The van der Waals surface area contributed by atoms with E-state index in [2.05, 4.69) is 28.2 Å². The average Bonchev–Trinajstić information content (AvgIpc) is 2.66. The minimum absolute atomic E-state index is 0.0324. The second-order valence-corrected chi connectivity index (χ2v) is 6.93. The quantitative estimate of drug-likeness (QED) is 0.806. The normalized spacial score (nSPS) is 14.4. The Labute approximate surface area is 152 Å². The molecular weight excluding hydrogens is 334 g/mol. The van der Waals surface area contributed by atoms with Crippen molar-refractivity contribution >= 4 is 23.5 Å². The first-order valence-corrected chi connectivity index (χ1v) is 9.44. The van der Waals surface area contributed by atoms with Crippen LogP contribution in [0.5, 0.6) is 0 Å². The third kappa shape index (κ3) is 4.96.